The number of rotatable bonds is 7. The van der Waals surface area contributed by atoms with Crippen molar-refractivity contribution in [2.75, 3.05) is 26.2 Å². The van der Waals surface area contributed by atoms with Crippen LogP contribution in [0.15, 0.2) is 0 Å². The third-order valence-corrected chi connectivity index (χ3v) is 3.73. The van der Waals surface area contributed by atoms with Gasteiger partial charge >= 0.3 is 0 Å². The van der Waals surface area contributed by atoms with Gasteiger partial charge in [-0.2, -0.15) is 0 Å². The van der Waals surface area contributed by atoms with Crippen LogP contribution >= 0.6 is 0 Å². The van der Waals surface area contributed by atoms with Gasteiger partial charge in [-0.25, -0.2) is 0 Å². The van der Waals surface area contributed by atoms with Crippen LogP contribution in [0.2, 0.25) is 0 Å². The van der Waals surface area contributed by atoms with E-state index in [0.717, 1.165) is 32.5 Å². The van der Waals surface area contributed by atoms with Crippen molar-refractivity contribution >= 4 is 11.7 Å². The van der Waals surface area contributed by atoms with E-state index in [2.05, 4.69) is 10.2 Å². The van der Waals surface area contributed by atoms with E-state index in [1.807, 2.05) is 20.8 Å². The van der Waals surface area contributed by atoms with Crippen LogP contribution in [0.4, 0.5) is 0 Å². The maximum atomic E-state index is 12.0. The monoisotopic (exact) mass is 284 g/mol. The minimum atomic E-state index is -0.372. The lowest BCUT2D eigenvalue weighted by molar-refractivity contribution is -0.128. The first kappa shape index (κ1) is 17.1. The minimum absolute atomic E-state index is 0.0170. The average molecular weight is 284 g/mol. The molecule has 1 amide bonds. The van der Waals surface area contributed by atoms with Crippen LogP contribution in [0.1, 0.15) is 40.5 Å². The van der Waals surface area contributed by atoms with Crippen molar-refractivity contribution in [2.24, 2.45) is 5.92 Å². The number of Topliss-reactive ketones (excluding diaryl/α,β-unsaturated/α-hetero) is 1. The predicted octanol–water partition coefficient (Wildman–Crippen LogP) is 1.22. The van der Waals surface area contributed by atoms with E-state index < -0.39 is 0 Å². The summed E-state index contributed by atoms with van der Waals surface area (Å²) >= 11 is 0. The number of nitrogens with one attached hydrogen (secondary N) is 1. The molecule has 1 fully saturated rings. The first-order valence-electron chi connectivity index (χ1n) is 7.57. The molecule has 1 aliphatic rings. The van der Waals surface area contributed by atoms with E-state index in [1.54, 1.807) is 0 Å². The van der Waals surface area contributed by atoms with E-state index >= 15 is 0 Å². The maximum Gasteiger partial charge on any atom is 0.234 e. The fourth-order valence-electron chi connectivity index (χ4n) is 2.63. The molecule has 1 atom stereocenters. The second kappa shape index (κ2) is 8.37. The number of carbonyl (C=O) groups excluding carboxylic acids is 2. The fraction of sp³-hybridized carbons (Fsp3) is 0.867. The second-order valence-electron chi connectivity index (χ2n) is 5.83. The van der Waals surface area contributed by atoms with Crippen LogP contribution in [0, 0.1) is 5.92 Å². The van der Waals surface area contributed by atoms with Gasteiger partial charge in [0.1, 0.15) is 0 Å². The molecule has 1 heterocycles. The number of carbonyl (C=O) groups is 2. The third-order valence-electron chi connectivity index (χ3n) is 3.73. The van der Waals surface area contributed by atoms with Gasteiger partial charge in [0.25, 0.3) is 0 Å². The molecule has 0 aliphatic carbocycles. The average Bonchev–Trinajstić information content (AvgIpc) is 2.38. The predicted molar refractivity (Wildman–Crippen MR) is 78.5 cm³/mol. The van der Waals surface area contributed by atoms with Crippen LogP contribution in [-0.4, -0.2) is 55.0 Å². The summed E-state index contributed by atoms with van der Waals surface area (Å²) in [4.78, 5) is 25.6. The topological polar surface area (TPSA) is 58.6 Å². The summed E-state index contributed by atoms with van der Waals surface area (Å²) < 4.78 is 5.59. The number of nitrogens with zero attached hydrogens (tertiary/aromatic N) is 1. The normalized spacial score (nSPS) is 19.1. The van der Waals surface area contributed by atoms with Gasteiger partial charge in [0.2, 0.25) is 5.91 Å². The molecule has 116 valence electrons. The maximum absolute atomic E-state index is 12.0. The minimum Gasteiger partial charge on any atom is -0.378 e. The van der Waals surface area contributed by atoms with Crippen molar-refractivity contribution in [1.29, 1.82) is 0 Å². The molecule has 5 heteroatoms. The Kier molecular flexibility index (Phi) is 7.16. The molecule has 0 aromatic carbocycles. The molecule has 1 N–H and O–H groups in total. The van der Waals surface area contributed by atoms with E-state index in [1.165, 1.54) is 6.92 Å². The summed E-state index contributed by atoms with van der Waals surface area (Å²) in [7, 11) is 0. The third kappa shape index (κ3) is 5.59. The lowest BCUT2D eigenvalue weighted by Gasteiger charge is -2.31. The highest BCUT2D eigenvalue weighted by molar-refractivity contribution is 5.88. The molecule has 5 nitrogen and oxygen atoms in total. The lowest BCUT2D eigenvalue weighted by atomic mass is 10.0. The zero-order valence-corrected chi connectivity index (χ0v) is 13.1. The number of piperidine rings is 1. The molecule has 20 heavy (non-hydrogen) atoms. The molecule has 0 aromatic heterocycles. The first-order valence-corrected chi connectivity index (χ1v) is 7.57. The van der Waals surface area contributed by atoms with E-state index in [9.17, 15) is 9.59 Å². The van der Waals surface area contributed by atoms with Gasteiger partial charge in [0, 0.05) is 19.7 Å². The lowest BCUT2D eigenvalue weighted by Crippen LogP contribution is -2.49. The van der Waals surface area contributed by atoms with E-state index in [-0.39, 0.29) is 23.7 Å². The van der Waals surface area contributed by atoms with Crippen LogP contribution in [0.3, 0.4) is 0 Å². The Hall–Kier alpha value is -0.940. The zero-order chi connectivity index (χ0) is 15.1. The Balaban J connectivity index is 2.34. The highest BCUT2D eigenvalue weighted by Crippen LogP contribution is 2.13. The standard InChI is InChI=1S/C15H28N2O3/c1-5-20-13-6-8-17(9-7-13)10-14(19)16-15(11(2)3)12(4)18/h11,13,15H,5-10H2,1-4H3,(H,16,19). The SMILES string of the molecule is CCOC1CCN(CC(=O)NC(C(C)=O)C(C)C)CC1. The van der Waals surface area contributed by atoms with Gasteiger partial charge in [0.05, 0.1) is 18.7 Å². The van der Waals surface area contributed by atoms with Gasteiger partial charge in [-0.3, -0.25) is 14.5 Å². The summed E-state index contributed by atoms with van der Waals surface area (Å²) in [6.45, 7) is 10.3. The zero-order valence-electron chi connectivity index (χ0n) is 13.1. The van der Waals surface area contributed by atoms with Crippen LogP contribution in [0.25, 0.3) is 0 Å². The highest BCUT2D eigenvalue weighted by Gasteiger charge is 2.24. The largest absolute Gasteiger partial charge is 0.378 e. The molecule has 1 aliphatic heterocycles. The molecule has 1 saturated heterocycles. The Morgan fingerprint density at radius 2 is 1.90 bits per heavy atom. The number of ketones is 1. The van der Waals surface area contributed by atoms with Crippen molar-refractivity contribution in [3.8, 4) is 0 Å². The molecule has 1 unspecified atom stereocenters. The van der Waals surface area contributed by atoms with Gasteiger partial charge in [0.15, 0.2) is 5.78 Å². The Bertz CT molecular complexity index is 323. The van der Waals surface area contributed by atoms with Crippen molar-refractivity contribution in [3.05, 3.63) is 0 Å². The van der Waals surface area contributed by atoms with Crippen LogP contribution < -0.4 is 5.32 Å². The Morgan fingerprint density at radius 1 is 1.30 bits per heavy atom. The summed E-state index contributed by atoms with van der Waals surface area (Å²) in [5.41, 5.74) is 0. The van der Waals surface area contributed by atoms with Crippen molar-refractivity contribution in [1.82, 2.24) is 10.2 Å². The van der Waals surface area contributed by atoms with Gasteiger partial charge in [-0.1, -0.05) is 13.8 Å². The molecule has 0 bridgehead atoms. The molecule has 0 radical (unpaired) electrons. The quantitative estimate of drug-likeness (QED) is 0.763. The highest BCUT2D eigenvalue weighted by atomic mass is 16.5. The van der Waals surface area contributed by atoms with Crippen molar-refractivity contribution < 1.29 is 14.3 Å². The molecular weight excluding hydrogens is 256 g/mol. The number of hydrogen-bond donors (Lipinski definition) is 1. The molecule has 0 saturated carbocycles. The number of amides is 1. The Morgan fingerprint density at radius 3 is 2.35 bits per heavy atom. The first-order chi connectivity index (χ1) is 9.43. The smallest absolute Gasteiger partial charge is 0.234 e. The van der Waals surface area contributed by atoms with Gasteiger partial charge < -0.3 is 10.1 Å². The van der Waals surface area contributed by atoms with Crippen LogP contribution in [0.5, 0.6) is 0 Å². The number of ether oxygens (including phenoxy) is 1. The summed E-state index contributed by atoms with van der Waals surface area (Å²) in [6.07, 6.45) is 2.28. The molecule has 0 aromatic rings. The summed E-state index contributed by atoms with van der Waals surface area (Å²) in [6, 6.07) is -0.372. The number of hydrogen-bond acceptors (Lipinski definition) is 4. The van der Waals surface area contributed by atoms with E-state index in [4.69, 9.17) is 4.74 Å². The van der Waals surface area contributed by atoms with Gasteiger partial charge in [-0.15, -0.1) is 0 Å². The molecule has 1 rings (SSSR count). The number of likely N-dealkylation sites (tertiary alicyclic amines) is 1. The van der Waals surface area contributed by atoms with Crippen molar-refractivity contribution in [3.63, 3.8) is 0 Å². The molecule has 0 spiro atoms. The Labute approximate surface area is 122 Å². The summed E-state index contributed by atoms with van der Waals surface area (Å²) in [5.74, 6) is 0.0808. The van der Waals surface area contributed by atoms with Crippen molar-refractivity contribution in [2.45, 2.75) is 52.7 Å². The summed E-state index contributed by atoms with van der Waals surface area (Å²) in [5, 5.41) is 2.84. The fourth-order valence-corrected chi connectivity index (χ4v) is 2.63. The van der Waals surface area contributed by atoms with Crippen LogP contribution in [-0.2, 0) is 14.3 Å². The molecular formula is C15H28N2O3. The van der Waals surface area contributed by atoms with E-state index in [0.29, 0.717) is 12.6 Å². The van der Waals surface area contributed by atoms with Gasteiger partial charge in [-0.05, 0) is 32.6 Å². The second-order valence-corrected chi connectivity index (χ2v) is 5.83.